The molecule has 2 aromatic carbocycles. The number of rotatable bonds is 4. The molecule has 13 heteroatoms. The molecule has 0 saturated carbocycles. The Morgan fingerprint density at radius 2 is 1.66 bits per heavy atom. The summed E-state index contributed by atoms with van der Waals surface area (Å²) < 4.78 is 41.8. The molecule has 0 unspecified atom stereocenters. The average molecular weight is 564 g/mol. The molecule has 0 bridgehead atoms. The minimum absolute atomic E-state index is 0.0401. The van der Waals surface area contributed by atoms with Crippen molar-refractivity contribution >= 4 is 52.2 Å². The zero-order valence-electron chi connectivity index (χ0n) is 20.6. The number of aliphatic imine (C=N–C) groups is 1. The monoisotopic (exact) mass is 563 g/mol. The highest BCUT2D eigenvalue weighted by atomic mass is 35.5. The van der Waals surface area contributed by atoms with Crippen molar-refractivity contribution < 1.29 is 17.9 Å². The van der Waals surface area contributed by atoms with E-state index in [0.717, 1.165) is 17.1 Å². The first kappa shape index (κ1) is 27.4. The van der Waals surface area contributed by atoms with E-state index in [1.807, 2.05) is 49.1 Å². The molecule has 0 amide bonds. The normalized spacial score (nSPS) is 14.3. The van der Waals surface area contributed by atoms with Crippen LogP contribution in [0.25, 0.3) is 0 Å². The number of piperazine rings is 1. The van der Waals surface area contributed by atoms with Crippen LogP contribution in [0.15, 0.2) is 59.6 Å². The van der Waals surface area contributed by atoms with E-state index in [0.29, 0.717) is 48.8 Å². The number of nitrogens with zero attached hydrogens (tertiary/aromatic N) is 5. The van der Waals surface area contributed by atoms with Gasteiger partial charge in [0.1, 0.15) is 5.75 Å². The lowest BCUT2D eigenvalue weighted by atomic mass is 10.2. The van der Waals surface area contributed by atoms with Crippen molar-refractivity contribution in [2.45, 2.75) is 20.2 Å². The number of halogens is 4. The van der Waals surface area contributed by atoms with Gasteiger partial charge in [0.25, 0.3) is 0 Å². The van der Waals surface area contributed by atoms with Gasteiger partial charge in [0.2, 0.25) is 17.0 Å². The molecular formula is C25H25ClF3N7OS. The van der Waals surface area contributed by atoms with E-state index >= 15 is 0 Å². The summed E-state index contributed by atoms with van der Waals surface area (Å²) in [6, 6.07) is 14.9. The highest BCUT2D eigenvalue weighted by Crippen LogP contribution is 2.25. The fourth-order valence-electron chi connectivity index (χ4n) is 3.93. The minimum atomic E-state index is -4.80. The number of anilines is 3. The minimum Gasteiger partial charge on any atom is -0.406 e. The third kappa shape index (κ3) is 7.93. The maximum Gasteiger partial charge on any atom is 0.573 e. The Hall–Kier alpha value is -3.64. The molecule has 4 rings (SSSR count). The maximum atomic E-state index is 12.6. The molecule has 2 N–H and O–H groups in total. The Kier molecular flexibility index (Phi) is 8.52. The van der Waals surface area contributed by atoms with Gasteiger partial charge in [-0.3, -0.25) is 5.32 Å². The van der Waals surface area contributed by atoms with Crippen LogP contribution in [-0.2, 0) is 0 Å². The van der Waals surface area contributed by atoms with E-state index in [9.17, 15) is 13.2 Å². The third-order valence-corrected chi connectivity index (χ3v) is 5.91. The van der Waals surface area contributed by atoms with Gasteiger partial charge >= 0.3 is 6.36 Å². The summed E-state index contributed by atoms with van der Waals surface area (Å²) in [6.45, 7) is 6.35. The van der Waals surface area contributed by atoms with Crippen molar-refractivity contribution in [2.75, 3.05) is 41.7 Å². The van der Waals surface area contributed by atoms with E-state index in [1.54, 1.807) is 6.07 Å². The van der Waals surface area contributed by atoms with Gasteiger partial charge in [0, 0.05) is 60.0 Å². The molecule has 2 heterocycles. The van der Waals surface area contributed by atoms with Gasteiger partial charge < -0.3 is 19.9 Å². The van der Waals surface area contributed by atoms with Crippen LogP contribution >= 0.6 is 23.8 Å². The Bertz CT molecular complexity index is 1310. The van der Waals surface area contributed by atoms with E-state index in [2.05, 4.69) is 35.2 Å². The quantitative estimate of drug-likeness (QED) is 0.240. The van der Waals surface area contributed by atoms with E-state index in [-0.39, 0.29) is 10.9 Å². The number of ether oxygens (including phenoxy) is 1. The molecule has 0 radical (unpaired) electrons. The highest BCUT2D eigenvalue weighted by Gasteiger charge is 2.31. The zero-order chi connectivity index (χ0) is 27.3. The maximum absolute atomic E-state index is 12.6. The Balaban J connectivity index is 1.52. The molecule has 1 aliphatic rings. The van der Waals surface area contributed by atoms with Crippen molar-refractivity contribution in [3.63, 3.8) is 0 Å². The highest BCUT2D eigenvalue weighted by molar-refractivity contribution is 7.80. The Morgan fingerprint density at radius 3 is 2.32 bits per heavy atom. The first-order valence-electron chi connectivity index (χ1n) is 11.6. The molecule has 0 aliphatic carbocycles. The molecule has 38 heavy (non-hydrogen) atoms. The molecule has 0 atom stereocenters. The summed E-state index contributed by atoms with van der Waals surface area (Å²) in [4.78, 5) is 17.6. The number of hydrogen-bond donors (Lipinski definition) is 2. The van der Waals surface area contributed by atoms with Crippen LogP contribution in [0, 0.1) is 13.8 Å². The smallest absolute Gasteiger partial charge is 0.406 e. The van der Waals surface area contributed by atoms with Crippen molar-refractivity contribution in [3.05, 3.63) is 71.0 Å². The van der Waals surface area contributed by atoms with Crippen LogP contribution < -0.4 is 20.3 Å². The molecule has 1 aliphatic heterocycles. The predicted octanol–water partition coefficient (Wildman–Crippen LogP) is 5.63. The number of nitrogens with one attached hydrogen (secondary N) is 2. The van der Waals surface area contributed by atoms with Crippen molar-refractivity contribution in [3.8, 4) is 5.75 Å². The molecule has 1 aromatic heterocycles. The van der Waals surface area contributed by atoms with Crippen molar-refractivity contribution in [2.24, 2.45) is 4.99 Å². The SMILES string of the molecule is Cc1cc(C)nc(N/C(=N/C(=S)Nc2cccc(OC(F)(F)F)c2)N2CCN(c3cccc(Cl)c3)CC2)n1. The fourth-order valence-corrected chi connectivity index (χ4v) is 4.32. The van der Waals surface area contributed by atoms with Gasteiger partial charge in [-0.15, -0.1) is 13.2 Å². The lowest BCUT2D eigenvalue weighted by Crippen LogP contribution is -2.51. The molecule has 3 aromatic rings. The molecule has 8 nitrogen and oxygen atoms in total. The van der Waals surface area contributed by atoms with Crippen LogP contribution in [0.4, 0.5) is 30.5 Å². The first-order valence-corrected chi connectivity index (χ1v) is 12.4. The molecule has 0 spiro atoms. The van der Waals surface area contributed by atoms with E-state index < -0.39 is 6.36 Å². The third-order valence-electron chi connectivity index (χ3n) is 5.48. The zero-order valence-corrected chi connectivity index (χ0v) is 22.2. The summed E-state index contributed by atoms with van der Waals surface area (Å²) >= 11 is 11.6. The first-order chi connectivity index (χ1) is 18.0. The van der Waals surface area contributed by atoms with Gasteiger partial charge in [-0.25, -0.2) is 9.97 Å². The standard InChI is InChI=1S/C25H25ClF3N7OS/c1-16-13-17(2)31-22(30-16)33-23(36-11-9-35(10-12-36)20-7-3-5-18(26)14-20)34-24(38)32-19-6-4-8-21(15-19)37-25(27,28)29/h3-8,13-15H,9-12H2,1-2H3,(H2,30,31,32,33,34,38). The Morgan fingerprint density at radius 1 is 0.974 bits per heavy atom. The topological polar surface area (TPSA) is 77.9 Å². The number of alkyl halides is 3. The number of benzene rings is 2. The second-order valence-electron chi connectivity index (χ2n) is 8.49. The second kappa shape index (κ2) is 11.8. The van der Waals surface area contributed by atoms with Gasteiger partial charge in [0.05, 0.1) is 0 Å². The van der Waals surface area contributed by atoms with Gasteiger partial charge in [-0.05, 0) is 62.5 Å². The lowest BCUT2D eigenvalue weighted by molar-refractivity contribution is -0.274. The number of thiocarbonyl (C=S) groups is 1. The van der Waals surface area contributed by atoms with Crippen LogP contribution in [-0.4, -0.2) is 58.5 Å². The second-order valence-corrected chi connectivity index (χ2v) is 9.32. The summed E-state index contributed by atoms with van der Waals surface area (Å²) in [5, 5.41) is 6.73. The van der Waals surface area contributed by atoms with E-state index in [1.165, 1.54) is 18.2 Å². The van der Waals surface area contributed by atoms with Gasteiger partial charge in [-0.2, -0.15) is 4.99 Å². The lowest BCUT2D eigenvalue weighted by Gasteiger charge is -2.37. The molecule has 200 valence electrons. The van der Waals surface area contributed by atoms with Crippen molar-refractivity contribution in [1.29, 1.82) is 0 Å². The Labute approximate surface area is 228 Å². The molecular weight excluding hydrogens is 539 g/mol. The van der Waals surface area contributed by atoms with Crippen LogP contribution in [0.2, 0.25) is 5.02 Å². The summed E-state index contributed by atoms with van der Waals surface area (Å²) in [6.07, 6.45) is -4.80. The fraction of sp³-hybridized carbons (Fsp3) is 0.280. The molecule has 1 saturated heterocycles. The van der Waals surface area contributed by atoms with Crippen LogP contribution in [0.1, 0.15) is 11.4 Å². The number of aryl methyl sites for hydroxylation is 2. The van der Waals surface area contributed by atoms with Crippen LogP contribution in [0.3, 0.4) is 0 Å². The van der Waals surface area contributed by atoms with Gasteiger partial charge in [0.15, 0.2) is 0 Å². The number of aromatic nitrogens is 2. The van der Waals surface area contributed by atoms with Gasteiger partial charge in [-0.1, -0.05) is 23.7 Å². The average Bonchev–Trinajstić information content (AvgIpc) is 2.82. The summed E-state index contributed by atoms with van der Waals surface area (Å²) in [5.74, 6) is 0.413. The molecule has 1 fully saturated rings. The van der Waals surface area contributed by atoms with E-state index in [4.69, 9.17) is 23.8 Å². The summed E-state index contributed by atoms with van der Waals surface area (Å²) in [5.41, 5.74) is 2.90. The van der Waals surface area contributed by atoms with Crippen LogP contribution in [0.5, 0.6) is 5.75 Å². The largest absolute Gasteiger partial charge is 0.573 e. The number of guanidine groups is 1. The number of hydrogen-bond acceptors (Lipinski definition) is 5. The predicted molar refractivity (Wildman–Crippen MR) is 147 cm³/mol. The summed E-state index contributed by atoms with van der Waals surface area (Å²) in [7, 11) is 0. The van der Waals surface area contributed by atoms with Crippen molar-refractivity contribution in [1.82, 2.24) is 14.9 Å².